The summed E-state index contributed by atoms with van der Waals surface area (Å²) in [5, 5.41) is 6.27. The van der Waals surface area contributed by atoms with E-state index in [1.165, 1.54) is 18.6 Å². The van der Waals surface area contributed by atoms with E-state index >= 15 is 0 Å². The third-order valence-corrected chi connectivity index (χ3v) is 4.41. The van der Waals surface area contributed by atoms with Crippen LogP contribution in [0.5, 0.6) is 0 Å². The van der Waals surface area contributed by atoms with Crippen molar-refractivity contribution in [3.8, 4) is 0 Å². The van der Waals surface area contributed by atoms with Gasteiger partial charge in [-0.1, -0.05) is 12.1 Å². The van der Waals surface area contributed by atoms with Crippen molar-refractivity contribution < 1.29 is 9.18 Å². The molecule has 22 heavy (non-hydrogen) atoms. The Morgan fingerprint density at radius 3 is 2.82 bits per heavy atom. The SMILES string of the molecule is CNC1CCCN(C(C)C(=O)NCCc2ccc(F)cc2)C1. The molecule has 1 aliphatic heterocycles. The summed E-state index contributed by atoms with van der Waals surface area (Å²) in [7, 11) is 1.97. The quantitative estimate of drug-likeness (QED) is 0.838. The lowest BCUT2D eigenvalue weighted by atomic mass is 10.0. The molecule has 1 heterocycles. The first-order valence-corrected chi connectivity index (χ1v) is 8.03. The van der Waals surface area contributed by atoms with Crippen LogP contribution in [0.1, 0.15) is 25.3 Å². The van der Waals surface area contributed by atoms with Crippen molar-refractivity contribution in [3.05, 3.63) is 35.6 Å². The van der Waals surface area contributed by atoms with Crippen LogP contribution in [0.15, 0.2) is 24.3 Å². The Morgan fingerprint density at radius 2 is 2.14 bits per heavy atom. The van der Waals surface area contributed by atoms with Crippen LogP contribution in [-0.4, -0.2) is 49.6 Å². The Hall–Kier alpha value is -1.46. The number of nitrogens with one attached hydrogen (secondary N) is 2. The van der Waals surface area contributed by atoms with Crippen LogP contribution < -0.4 is 10.6 Å². The maximum Gasteiger partial charge on any atom is 0.237 e. The second-order valence-corrected chi connectivity index (χ2v) is 5.97. The molecule has 0 saturated carbocycles. The van der Waals surface area contributed by atoms with E-state index in [0.717, 1.165) is 31.5 Å². The minimum Gasteiger partial charge on any atom is -0.354 e. The highest BCUT2D eigenvalue weighted by Gasteiger charge is 2.26. The lowest BCUT2D eigenvalue weighted by Gasteiger charge is -2.35. The van der Waals surface area contributed by atoms with Crippen LogP contribution >= 0.6 is 0 Å². The number of piperidine rings is 1. The number of likely N-dealkylation sites (tertiary alicyclic amines) is 1. The fourth-order valence-electron chi connectivity index (χ4n) is 2.89. The summed E-state index contributed by atoms with van der Waals surface area (Å²) < 4.78 is 12.8. The molecule has 0 spiro atoms. The third-order valence-electron chi connectivity index (χ3n) is 4.41. The van der Waals surface area contributed by atoms with E-state index in [1.54, 1.807) is 12.1 Å². The van der Waals surface area contributed by atoms with Crippen molar-refractivity contribution >= 4 is 5.91 Å². The van der Waals surface area contributed by atoms with E-state index in [-0.39, 0.29) is 17.8 Å². The minimum atomic E-state index is -0.231. The van der Waals surface area contributed by atoms with Crippen molar-refractivity contribution in [1.29, 1.82) is 0 Å². The number of hydrogen-bond donors (Lipinski definition) is 2. The van der Waals surface area contributed by atoms with Gasteiger partial charge in [0.15, 0.2) is 0 Å². The van der Waals surface area contributed by atoms with Crippen LogP contribution in [0.2, 0.25) is 0 Å². The van der Waals surface area contributed by atoms with Crippen LogP contribution in [0.3, 0.4) is 0 Å². The Morgan fingerprint density at radius 1 is 1.41 bits per heavy atom. The van der Waals surface area contributed by atoms with E-state index in [2.05, 4.69) is 15.5 Å². The number of halogens is 1. The molecule has 0 aromatic heterocycles. The predicted molar refractivity (Wildman–Crippen MR) is 86.2 cm³/mol. The molecule has 1 aromatic carbocycles. The molecule has 1 saturated heterocycles. The highest BCUT2D eigenvalue weighted by atomic mass is 19.1. The van der Waals surface area contributed by atoms with Crippen LogP contribution in [-0.2, 0) is 11.2 Å². The molecule has 1 amide bonds. The molecule has 122 valence electrons. The normalized spacial score (nSPS) is 20.6. The molecule has 2 atom stereocenters. The molecule has 0 aliphatic carbocycles. The first-order valence-electron chi connectivity index (χ1n) is 8.03. The summed E-state index contributed by atoms with van der Waals surface area (Å²) in [5.41, 5.74) is 1.03. The summed E-state index contributed by atoms with van der Waals surface area (Å²) in [6, 6.07) is 6.78. The van der Waals surface area contributed by atoms with Gasteiger partial charge >= 0.3 is 0 Å². The maximum absolute atomic E-state index is 12.8. The lowest BCUT2D eigenvalue weighted by molar-refractivity contribution is -0.126. The van der Waals surface area contributed by atoms with Crippen LogP contribution in [0, 0.1) is 5.82 Å². The van der Waals surface area contributed by atoms with Gasteiger partial charge in [0.2, 0.25) is 5.91 Å². The van der Waals surface area contributed by atoms with Gasteiger partial charge in [0.25, 0.3) is 0 Å². The number of rotatable bonds is 6. The zero-order chi connectivity index (χ0) is 15.9. The van der Waals surface area contributed by atoms with Gasteiger partial charge in [0.1, 0.15) is 5.82 Å². The number of benzene rings is 1. The number of amides is 1. The van der Waals surface area contributed by atoms with Crippen molar-refractivity contribution in [1.82, 2.24) is 15.5 Å². The van der Waals surface area contributed by atoms with Crippen molar-refractivity contribution in [2.45, 2.75) is 38.3 Å². The molecule has 1 aliphatic rings. The second kappa shape index (κ2) is 8.25. The smallest absolute Gasteiger partial charge is 0.237 e. The number of carbonyl (C=O) groups is 1. The van der Waals surface area contributed by atoms with E-state index < -0.39 is 0 Å². The number of nitrogens with zero attached hydrogens (tertiary/aromatic N) is 1. The molecular weight excluding hydrogens is 281 g/mol. The zero-order valence-electron chi connectivity index (χ0n) is 13.4. The molecule has 0 bridgehead atoms. The van der Waals surface area contributed by atoms with Crippen molar-refractivity contribution in [3.63, 3.8) is 0 Å². The Balaban J connectivity index is 1.75. The zero-order valence-corrected chi connectivity index (χ0v) is 13.4. The van der Waals surface area contributed by atoms with Crippen LogP contribution in [0.4, 0.5) is 4.39 Å². The summed E-state index contributed by atoms with van der Waals surface area (Å²) in [6.45, 7) is 4.44. The largest absolute Gasteiger partial charge is 0.354 e. The average Bonchev–Trinajstić information content (AvgIpc) is 2.56. The molecule has 1 aromatic rings. The van der Waals surface area contributed by atoms with Crippen molar-refractivity contribution in [2.75, 3.05) is 26.7 Å². The van der Waals surface area contributed by atoms with Gasteiger partial charge in [-0.25, -0.2) is 4.39 Å². The first-order chi connectivity index (χ1) is 10.6. The minimum absolute atomic E-state index is 0.0684. The summed E-state index contributed by atoms with van der Waals surface area (Å²) >= 11 is 0. The Bertz CT molecular complexity index is 477. The second-order valence-electron chi connectivity index (χ2n) is 5.97. The summed E-state index contributed by atoms with van der Waals surface area (Å²) in [5.74, 6) is -0.163. The van der Waals surface area contributed by atoms with E-state index in [4.69, 9.17) is 0 Å². The Labute approximate surface area is 132 Å². The van der Waals surface area contributed by atoms with Gasteiger partial charge in [0, 0.05) is 19.1 Å². The van der Waals surface area contributed by atoms with Gasteiger partial charge in [-0.2, -0.15) is 0 Å². The monoisotopic (exact) mass is 307 g/mol. The molecule has 1 fully saturated rings. The molecule has 0 radical (unpaired) electrons. The predicted octanol–water partition coefficient (Wildman–Crippen LogP) is 1.56. The Kier molecular flexibility index (Phi) is 6.34. The highest BCUT2D eigenvalue weighted by molar-refractivity contribution is 5.81. The number of hydrogen-bond acceptors (Lipinski definition) is 3. The fraction of sp³-hybridized carbons (Fsp3) is 0.588. The van der Waals surface area contributed by atoms with E-state index in [0.29, 0.717) is 12.6 Å². The van der Waals surface area contributed by atoms with E-state index in [9.17, 15) is 9.18 Å². The molecule has 4 nitrogen and oxygen atoms in total. The van der Waals surface area contributed by atoms with Gasteiger partial charge < -0.3 is 10.6 Å². The highest BCUT2D eigenvalue weighted by Crippen LogP contribution is 2.13. The van der Waals surface area contributed by atoms with E-state index in [1.807, 2.05) is 14.0 Å². The lowest BCUT2D eigenvalue weighted by Crippen LogP contribution is -2.52. The third kappa shape index (κ3) is 4.78. The molecular formula is C17H26FN3O. The van der Waals surface area contributed by atoms with Crippen molar-refractivity contribution in [2.24, 2.45) is 0 Å². The fourth-order valence-corrected chi connectivity index (χ4v) is 2.89. The number of carbonyl (C=O) groups excluding carboxylic acids is 1. The van der Waals surface area contributed by atoms with Gasteiger partial charge in [0.05, 0.1) is 6.04 Å². The molecule has 2 unspecified atom stereocenters. The standard InChI is InChI=1S/C17H26FN3O/c1-13(21-11-3-4-16(12-21)19-2)17(22)20-10-9-14-5-7-15(18)8-6-14/h5-8,13,16,19H,3-4,9-12H2,1-2H3,(H,20,22). The summed E-state index contributed by atoms with van der Waals surface area (Å²) in [4.78, 5) is 14.5. The van der Waals surface area contributed by atoms with Gasteiger partial charge in [-0.15, -0.1) is 0 Å². The van der Waals surface area contributed by atoms with Gasteiger partial charge in [-0.3, -0.25) is 9.69 Å². The molecule has 2 N–H and O–H groups in total. The molecule has 2 rings (SSSR count). The molecule has 5 heteroatoms. The topological polar surface area (TPSA) is 44.4 Å². The maximum atomic E-state index is 12.8. The van der Waals surface area contributed by atoms with Gasteiger partial charge in [-0.05, 0) is 57.5 Å². The summed E-state index contributed by atoms with van der Waals surface area (Å²) in [6.07, 6.45) is 3.02. The first kappa shape index (κ1) is 16.9. The average molecular weight is 307 g/mol. The van der Waals surface area contributed by atoms with Crippen LogP contribution in [0.25, 0.3) is 0 Å². The number of likely N-dealkylation sites (N-methyl/N-ethyl adjacent to an activating group) is 1.